The van der Waals surface area contributed by atoms with Gasteiger partial charge in [-0.25, -0.2) is 0 Å². The Balaban J connectivity index is 3.05. The molecule has 0 amide bonds. The Kier molecular flexibility index (Phi) is 3.21. The maximum atomic E-state index is 10.2. The summed E-state index contributed by atoms with van der Waals surface area (Å²) in [5.41, 5.74) is 10.5. The molecule has 0 bridgehead atoms. The van der Waals surface area contributed by atoms with E-state index in [0.29, 0.717) is 0 Å². The molecule has 0 spiro atoms. The summed E-state index contributed by atoms with van der Waals surface area (Å²) in [5.74, 6) is -1.67. The fraction of sp³-hybridized carbons (Fsp3) is 0. The monoisotopic (exact) mass is 276 g/mol. The van der Waals surface area contributed by atoms with Crippen LogP contribution in [0.15, 0.2) is 34.6 Å². The van der Waals surface area contributed by atoms with E-state index in [1.807, 2.05) is 0 Å². The van der Waals surface area contributed by atoms with Gasteiger partial charge in [0.15, 0.2) is 11.7 Å². The van der Waals surface area contributed by atoms with Gasteiger partial charge in [0, 0.05) is 10.8 Å². The van der Waals surface area contributed by atoms with Gasteiger partial charge in [-0.15, -0.1) is 0 Å². The highest BCUT2D eigenvalue weighted by Crippen LogP contribution is 2.39. The fourth-order valence-corrected chi connectivity index (χ4v) is 2.00. The number of nitrogens with zero attached hydrogens (tertiary/aromatic N) is 2. The highest BCUT2D eigenvalue weighted by molar-refractivity contribution is 6.18. The van der Waals surface area contributed by atoms with Crippen LogP contribution in [0.1, 0.15) is 11.1 Å². The van der Waals surface area contributed by atoms with E-state index in [2.05, 4.69) is 10.3 Å². The van der Waals surface area contributed by atoms with E-state index in [1.165, 1.54) is 12.1 Å². The molecule has 0 aliphatic rings. The van der Waals surface area contributed by atoms with Gasteiger partial charge < -0.3 is 32.1 Å². The highest BCUT2D eigenvalue weighted by atomic mass is 16.4. The number of amidine groups is 2. The summed E-state index contributed by atoms with van der Waals surface area (Å²) in [6, 6.07) is 6.35. The van der Waals surface area contributed by atoms with Gasteiger partial charge in [-0.1, -0.05) is 34.6 Å². The van der Waals surface area contributed by atoms with Crippen molar-refractivity contribution in [2.24, 2.45) is 21.8 Å². The minimum absolute atomic E-state index is 0.223. The number of nitrogens with two attached hydrogens (primary N) is 2. The Labute approximate surface area is 112 Å². The van der Waals surface area contributed by atoms with E-state index in [0.717, 1.165) is 0 Å². The van der Waals surface area contributed by atoms with E-state index in [1.54, 1.807) is 12.1 Å². The zero-order chi connectivity index (χ0) is 14.9. The summed E-state index contributed by atoms with van der Waals surface area (Å²) in [7, 11) is 0. The standard InChI is InChI=1S/C12H12N4O4/c13-11(15-19)7-8(12(14)16-20)10(18)6-4-2-1-3-5(6)9(7)17/h1-4,17-20H,(H2,13,15)(H2,14,16). The molecular weight excluding hydrogens is 264 g/mol. The third-order valence-electron chi connectivity index (χ3n) is 2.89. The van der Waals surface area contributed by atoms with Crippen molar-refractivity contribution in [1.29, 1.82) is 0 Å². The number of phenols is 2. The smallest absolute Gasteiger partial charge is 0.174 e. The predicted octanol–water partition coefficient (Wildman–Crippen LogP) is 0.440. The summed E-state index contributed by atoms with van der Waals surface area (Å²) in [4.78, 5) is 0. The van der Waals surface area contributed by atoms with Crippen molar-refractivity contribution < 1.29 is 20.6 Å². The van der Waals surface area contributed by atoms with Gasteiger partial charge >= 0.3 is 0 Å². The van der Waals surface area contributed by atoms with Crippen molar-refractivity contribution >= 4 is 22.4 Å². The molecule has 0 atom stereocenters. The first-order chi connectivity index (χ1) is 9.52. The maximum absolute atomic E-state index is 10.2. The Bertz CT molecular complexity index is 677. The lowest BCUT2D eigenvalue weighted by molar-refractivity contribution is 0.317. The van der Waals surface area contributed by atoms with Crippen molar-refractivity contribution in [3.63, 3.8) is 0 Å². The second-order valence-electron chi connectivity index (χ2n) is 3.96. The molecule has 0 saturated heterocycles. The molecule has 0 unspecified atom stereocenters. The number of benzene rings is 2. The van der Waals surface area contributed by atoms with Crippen molar-refractivity contribution in [2.75, 3.05) is 0 Å². The molecule has 20 heavy (non-hydrogen) atoms. The molecule has 2 aromatic carbocycles. The van der Waals surface area contributed by atoms with Crippen LogP contribution in [0.25, 0.3) is 10.8 Å². The van der Waals surface area contributed by atoms with Gasteiger partial charge in [0.05, 0.1) is 11.1 Å². The first-order valence-corrected chi connectivity index (χ1v) is 5.45. The van der Waals surface area contributed by atoms with Crippen LogP contribution in [-0.4, -0.2) is 32.3 Å². The first-order valence-electron chi connectivity index (χ1n) is 5.45. The molecular formula is C12H12N4O4. The SMILES string of the molecule is NC(=NO)c1c(C(N)=NO)c(O)c2ccccc2c1O. The number of rotatable bonds is 2. The first kappa shape index (κ1) is 13.3. The van der Waals surface area contributed by atoms with Gasteiger partial charge in [0.1, 0.15) is 11.5 Å². The Morgan fingerprint density at radius 1 is 0.800 bits per heavy atom. The summed E-state index contributed by atoms with van der Waals surface area (Å²) in [6.45, 7) is 0. The normalized spacial score (nSPS) is 12.8. The third kappa shape index (κ3) is 1.79. The second kappa shape index (κ2) is 4.84. The van der Waals surface area contributed by atoms with Crippen molar-refractivity contribution in [3.8, 4) is 11.5 Å². The van der Waals surface area contributed by atoms with Crippen molar-refractivity contribution in [1.82, 2.24) is 0 Å². The van der Waals surface area contributed by atoms with Gasteiger partial charge in [-0.05, 0) is 0 Å². The van der Waals surface area contributed by atoms with Crippen LogP contribution in [0, 0.1) is 0 Å². The molecule has 2 rings (SSSR count). The molecule has 0 aliphatic carbocycles. The topological polar surface area (TPSA) is 158 Å². The average Bonchev–Trinajstić information content (AvgIpc) is 2.49. The number of aromatic hydroxyl groups is 2. The number of hydrogen-bond donors (Lipinski definition) is 6. The molecule has 0 fully saturated rings. The van der Waals surface area contributed by atoms with Gasteiger partial charge in [0.2, 0.25) is 0 Å². The second-order valence-corrected chi connectivity index (χ2v) is 3.96. The molecule has 0 aliphatic heterocycles. The lowest BCUT2D eigenvalue weighted by atomic mass is 9.96. The quantitative estimate of drug-likeness (QED) is 0.153. The van der Waals surface area contributed by atoms with Crippen LogP contribution in [0.4, 0.5) is 0 Å². The molecule has 104 valence electrons. The van der Waals surface area contributed by atoms with Crippen molar-refractivity contribution in [3.05, 3.63) is 35.4 Å². The fourth-order valence-electron chi connectivity index (χ4n) is 2.00. The van der Waals surface area contributed by atoms with Crippen LogP contribution in [-0.2, 0) is 0 Å². The van der Waals surface area contributed by atoms with Crippen LogP contribution in [0.2, 0.25) is 0 Å². The van der Waals surface area contributed by atoms with Crippen LogP contribution >= 0.6 is 0 Å². The molecule has 0 aromatic heterocycles. The molecule has 8 heteroatoms. The Morgan fingerprint density at radius 3 is 1.45 bits per heavy atom. The van der Waals surface area contributed by atoms with E-state index < -0.39 is 11.7 Å². The number of fused-ring (bicyclic) bond motifs is 1. The van der Waals surface area contributed by atoms with Crippen LogP contribution in [0.3, 0.4) is 0 Å². The molecule has 0 radical (unpaired) electrons. The summed E-state index contributed by atoms with van der Waals surface area (Å²) >= 11 is 0. The molecule has 2 aromatic rings. The van der Waals surface area contributed by atoms with Crippen LogP contribution in [0.5, 0.6) is 11.5 Å². The predicted molar refractivity (Wildman–Crippen MR) is 72.3 cm³/mol. The highest BCUT2D eigenvalue weighted by Gasteiger charge is 2.24. The number of oxime groups is 2. The van der Waals surface area contributed by atoms with Gasteiger partial charge in [-0.3, -0.25) is 0 Å². The Hall–Kier alpha value is -3.16. The van der Waals surface area contributed by atoms with Crippen LogP contribution < -0.4 is 11.5 Å². The molecule has 0 heterocycles. The Morgan fingerprint density at radius 2 is 1.15 bits per heavy atom. The summed E-state index contributed by atoms with van der Waals surface area (Å²) < 4.78 is 0. The third-order valence-corrected chi connectivity index (χ3v) is 2.89. The number of phenolic OH excluding ortho intramolecular Hbond substituents is 2. The minimum atomic E-state index is -0.481. The zero-order valence-electron chi connectivity index (χ0n) is 10.1. The van der Waals surface area contributed by atoms with Crippen molar-refractivity contribution in [2.45, 2.75) is 0 Å². The number of hydrogen-bond acceptors (Lipinski definition) is 6. The lowest BCUT2D eigenvalue weighted by Gasteiger charge is -2.14. The average molecular weight is 276 g/mol. The molecule has 0 saturated carbocycles. The van der Waals surface area contributed by atoms with Gasteiger partial charge in [0.25, 0.3) is 0 Å². The maximum Gasteiger partial charge on any atom is 0.174 e. The molecule has 8 nitrogen and oxygen atoms in total. The van der Waals surface area contributed by atoms with E-state index in [-0.39, 0.29) is 33.4 Å². The van der Waals surface area contributed by atoms with E-state index in [9.17, 15) is 10.2 Å². The van der Waals surface area contributed by atoms with E-state index in [4.69, 9.17) is 21.9 Å². The zero-order valence-corrected chi connectivity index (χ0v) is 10.1. The minimum Gasteiger partial charge on any atom is -0.507 e. The lowest BCUT2D eigenvalue weighted by Crippen LogP contribution is -2.23. The summed E-state index contributed by atoms with van der Waals surface area (Å²) in [5, 5.41) is 44.1. The van der Waals surface area contributed by atoms with E-state index >= 15 is 0 Å². The molecule has 8 N–H and O–H groups in total. The van der Waals surface area contributed by atoms with Gasteiger partial charge in [-0.2, -0.15) is 0 Å². The summed E-state index contributed by atoms with van der Waals surface area (Å²) in [6.07, 6.45) is 0. The largest absolute Gasteiger partial charge is 0.507 e.